The molecule has 4 nitrogen and oxygen atoms in total. The van der Waals surface area contributed by atoms with Crippen LogP contribution in [0.4, 0.5) is 0 Å². The second kappa shape index (κ2) is 8.08. The zero-order valence-electron chi connectivity index (χ0n) is 11.3. The smallest absolute Gasteiger partial charge is 0.328 e. The molecule has 1 atom stereocenters. The van der Waals surface area contributed by atoms with Crippen LogP contribution in [0.3, 0.4) is 0 Å². The molecule has 0 bridgehead atoms. The number of esters is 1. The molecule has 4 heteroatoms. The van der Waals surface area contributed by atoms with Gasteiger partial charge >= 0.3 is 5.97 Å². The van der Waals surface area contributed by atoms with Crippen molar-refractivity contribution in [3.8, 4) is 0 Å². The van der Waals surface area contributed by atoms with Gasteiger partial charge in [0, 0.05) is 6.08 Å². The molecule has 0 saturated carbocycles. The van der Waals surface area contributed by atoms with Crippen LogP contribution >= 0.6 is 0 Å². The number of rotatable bonds is 6. The molecule has 102 valence electrons. The molecule has 1 amide bonds. The van der Waals surface area contributed by atoms with Gasteiger partial charge in [-0.15, -0.1) is 0 Å². The maximum absolute atomic E-state index is 11.6. The number of hydrogen-bond acceptors (Lipinski definition) is 3. The van der Waals surface area contributed by atoms with E-state index in [4.69, 9.17) is 4.74 Å². The first-order valence-corrected chi connectivity index (χ1v) is 6.33. The van der Waals surface area contributed by atoms with Gasteiger partial charge in [-0.2, -0.15) is 0 Å². The molecule has 1 rings (SSSR count). The van der Waals surface area contributed by atoms with Crippen LogP contribution in [0, 0.1) is 0 Å². The number of amides is 1. The minimum absolute atomic E-state index is 0.315. The standard InChI is InChI=1S/C15H19NO3/c1-3-11-19-15(18)12(2)16-14(17)10-9-13-7-5-4-6-8-13/h4-10,12H,3,11H2,1-2H3,(H,16,17)/b10-9+/t12-/m1/s1. The van der Waals surface area contributed by atoms with Crippen molar-refractivity contribution in [2.24, 2.45) is 0 Å². The summed E-state index contributed by atoms with van der Waals surface area (Å²) in [6.45, 7) is 3.89. The molecule has 0 fully saturated rings. The molecule has 1 N–H and O–H groups in total. The average molecular weight is 261 g/mol. The first-order chi connectivity index (χ1) is 9.13. The highest BCUT2D eigenvalue weighted by molar-refractivity contribution is 5.94. The highest BCUT2D eigenvalue weighted by atomic mass is 16.5. The zero-order valence-corrected chi connectivity index (χ0v) is 11.3. The van der Waals surface area contributed by atoms with E-state index in [1.165, 1.54) is 6.08 Å². The third kappa shape index (κ3) is 5.86. The van der Waals surface area contributed by atoms with Crippen LogP contribution in [0.1, 0.15) is 25.8 Å². The van der Waals surface area contributed by atoms with E-state index in [-0.39, 0.29) is 5.91 Å². The SMILES string of the molecule is CCCOC(=O)[C@@H](C)NC(=O)/C=C/c1ccccc1. The van der Waals surface area contributed by atoms with Crippen molar-refractivity contribution in [2.75, 3.05) is 6.61 Å². The van der Waals surface area contributed by atoms with Crippen LogP contribution in [0.25, 0.3) is 6.08 Å². The predicted octanol–water partition coefficient (Wildman–Crippen LogP) is 2.16. The van der Waals surface area contributed by atoms with Gasteiger partial charge in [0.2, 0.25) is 5.91 Å². The number of benzene rings is 1. The van der Waals surface area contributed by atoms with Crippen LogP contribution in [0.5, 0.6) is 0 Å². The molecule has 0 aromatic heterocycles. The van der Waals surface area contributed by atoms with Crippen molar-refractivity contribution in [1.29, 1.82) is 0 Å². The summed E-state index contributed by atoms with van der Waals surface area (Å²) in [5.74, 6) is -0.729. The number of nitrogens with one attached hydrogen (secondary N) is 1. The Bertz CT molecular complexity index is 440. The highest BCUT2D eigenvalue weighted by Gasteiger charge is 2.15. The van der Waals surface area contributed by atoms with Gasteiger partial charge in [0.25, 0.3) is 0 Å². The van der Waals surface area contributed by atoms with Crippen LogP contribution in [0.2, 0.25) is 0 Å². The Labute approximate surface area is 113 Å². The molecule has 1 aromatic rings. The number of carbonyl (C=O) groups is 2. The molecule has 0 saturated heterocycles. The van der Waals surface area contributed by atoms with E-state index in [9.17, 15) is 9.59 Å². The molecule has 0 unspecified atom stereocenters. The summed E-state index contributed by atoms with van der Waals surface area (Å²) >= 11 is 0. The van der Waals surface area contributed by atoms with Gasteiger partial charge in [0.15, 0.2) is 0 Å². The fourth-order valence-corrected chi connectivity index (χ4v) is 1.38. The van der Waals surface area contributed by atoms with Gasteiger partial charge in [0.05, 0.1) is 6.61 Å². The monoisotopic (exact) mass is 261 g/mol. The van der Waals surface area contributed by atoms with Crippen LogP contribution in [-0.2, 0) is 14.3 Å². The van der Waals surface area contributed by atoms with E-state index < -0.39 is 12.0 Å². The lowest BCUT2D eigenvalue weighted by Crippen LogP contribution is -2.38. The normalized spacial score (nSPS) is 12.1. The summed E-state index contributed by atoms with van der Waals surface area (Å²) in [6, 6.07) is 8.83. The summed E-state index contributed by atoms with van der Waals surface area (Å²) in [5.41, 5.74) is 0.930. The van der Waals surface area contributed by atoms with E-state index in [2.05, 4.69) is 5.32 Å². The summed E-state index contributed by atoms with van der Waals surface area (Å²) in [4.78, 5) is 23.0. The Balaban J connectivity index is 2.42. The molecule has 0 aliphatic heterocycles. The lowest BCUT2D eigenvalue weighted by molar-refractivity contribution is -0.146. The van der Waals surface area contributed by atoms with Crippen LogP contribution in [0.15, 0.2) is 36.4 Å². The Kier molecular flexibility index (Phi) is 6.36. The molecule has 1 aromatic carbocycles. The Morgan fingerprint density at radius 3 is 2.63 bits per heavy atom. The molecule has 0 spiro atoms. The first kappa shape index (κ1) is 15.0. The van der Waals surface area contributed by atoms with E-state index in [1.54, 1.807) is 13.0 Å². The van der Waals surface area contributed by atoms with Crippen molar-refractivity contribution in [1.82, 2.24) is 5.32 Å². The predicted molar refractivity (Wildman–Crippen MR) is 74.3 cm³/mol. The molecule has 0 heterocycles. The molecular formula is C15H19NO3. The van der Waals surface area contributed by atoms with E-state index in [0.717, 1.165) is 12.0 Å². The second-order valence-corrected chi connectivity index (χ2v) is 4.14. The van der Waals surface area contributed by atoms with Crippen molar-refractivity contribution in [3.05, 3.63) is 42.0 Å². The van der Waals surface area contributed by atoms with Crippen molar-refractivity contribution >= 4 is 18.0 Å². The van der Waals surface area contributed by atoms with Gasteiger partial charge in [-0.25, -0.2) is 4.79 Å². The minimum Gasteiger partial charge on any atom is -0.464 e. The van der Waals surface area contributed by atoms with Crippen LogP contribution < -0.4 is 5.32 Å². The summed E-state index contributed by atoms with van der Waals surface area (Å²) in [5, 5.41) is 2.56. The van der Waals surface area contributed by atoms with E-state index in [0.29, 0.717) is 6.61 Å². The maximum Gasteiger partial charge on any atom is 0.328 e. The topological polar surface area (TPSA) is 55.4 Å². The van der Waals surface area contributed by atoms with E-state index in [1.807, 2.05) is 37.3 Å². The van der Waals surface area contributed by atoms with Gasteiger partial charge in [-0.3, -0.25) is 4.79 Å². The summed E-state index contributed by atoms with van der Waals surface area (Å²) in [6.07, 6.45) is 3.86. The Morgan fingerprint density at radius 1 is 1.32 bits per heavy atom. The second-order valence-electron chi connectivity index (χ2n) is 4.14. The fraction of sp³-hybridized carbons (Fsp3) is 0.333. The fourth-order valence-electron chi connectivity index (χ4n) is 1.38. The molecule has 0 aliphatic carbocycles. The van der Waals surface area contributed by atoms with Gasteiger partial charge in [0.1, 0.15) is 6.04 Å². The minimum atomic E-state index is -0.639. The third-order valence-electron chi connectivity index (χ3n) is 2.39. The lowest BCUT2D eigenvalue weighted by atomic mass is 10.2. The van der Waals surface area contributed by atoms with Gasteiger partial charge < -0.3 is 10.1 Å². The van der Waals surface area contributed by atoms with Crippen molar-refractivity contribution < 1.29 is 14.3 Å². The largest absolute Gasteiger partial charge is 0.464 e. The van der Waals surface area contributed by atoms with Crippen molar-refractivity contribution in [2.45, 2.75) is 26.3 Å². The Hall–Kier alpha value is -2.10. The van der Waals surface area contributed by atoms with Gasteiger partial charge in [-0.1, -0.05) is 37.3 Å². The number of carbonyl (C=O) groups excluding carboxylic acids is 2. The van der Waals surface area contributed by atoms with Crippen LogP contribution in [-0.4, -0.2) is 24.5 Å². The number of ether oxygens (including phenoxy) is 1. The molecular weight excluding hydrogens is 242 g/mol. The van der Waals surface area contributed by atoms with E-state index >= 15 is 0 Å². The summed E-state index contributed by atoms with van der Waals surface area (Å²) < 4.78 is 4.94. The zero-order chi connectivity index (χ0) is 14.1. The Morgan fingerprint density at radius 2 is 2.00 bits per heavy atom. The molecule has 19 heavy (non-hydrogen) atoms. The molecule has 0 radical (unpaired) electrons. The third-order valence-corrected chi connectivity index (χ3v) is 2.39. The van der Waals surface area contributed by atoms with Crippen molar-refractivity contribution in [3.63, 3.8) is 0 Å². The summed E-state index contributed by atoms with van der Waals surface area (Å²) in [7, 11) is 0. The lowest BCUT2D eigenvalue weighted by Gasteiger charge is -2.11. The highest BCUT2D eigenvalue weighted by Crippen LogP contribution is 2.00. The number of hydrogen-bond donors (Lipinski definition) is 1. The quantitative estimate of drug-likeness (QED) is 0.630. The first-order valence-electron chi connectivity index (χ1n) is 6.33. The molecule has 0 aliphatic rings. The maximum atomic E-state index is 11.6. The van der Waals surface area contributed by atoms with Gasteiger partial charge in [-0.05, 0) is 25.0 Å². The average Bonchev–Trinajstić information content (AvgIpc) is 2.43.